The average molecular weight is 422 g/mol. The van der Waals surface area contributed by atoms with Crippen molar-refractivity contribution >= 4 is 44.7 Å². The lowest BCUT2D eigenvalue weighted by molar-refractivity contribution is 0.884. The third-order valence-electron chi connectivity index (χ3n) is 4.51. The Morgan fingerprint density at radius 1 is 0.964 bits per heavy atom. The maximum atomic E-state index is 4.56. The number of fused-ring (bicyclic) bond motifs is 1. The number of benzene rings is 1. The monoisotopic (exact) mass is 421 g/mol. The van der Waals surface area contributed by atoms with Crippen LogP contribution in [0.4, 0.5) is 0 Å². The summed E-state index contributed by atoms with van der Waals surface area (Å²) >= 11 is 4.89. The third kappa shape index (κ3) is 2.94. The number of hydrogen-bond donors (Lipinski definition) is 0. The van der Waals surface area contributed by atoms with Crippen LogP contribution < -0.4 is 0 Å². The molecule has 5 nitrogen and oxygen atoms in total. The molecule has 4 heterocycles. The van der Waals surface area contributed by atoms with Crippen LogP contribution in [-0.4, -0.2) is 24.7 Å². The van der Waals surface area contributed by atoms with E-state index < -0.39 is 0 Å². The molecule has 0 saturated heterocycles. The van der Waals surface area contributed by atoms with Crippen LogP contribution in [0, 0.1) is 13.8 Å². The van der Waals surface area contributed by atoms with Gasteiger partial charge in [0.25, 0.3) is 0 Å². The minimum atomic E-state index is 0.790. The van der Waals surface area contributed by atoms with E-state index in [1.807, 2.05) is 24.3 Å². The van der Waals surface area contributed by atoms with E-state index >= 15 is 0 Å². The Bertz CT molecular complexity index is 1260. The molecule has 5 rings (SSSR count). The molecule has 0 fully saturated rings. The van der Waals surface area contributed by atoms with Crippen molar-refractivity contribution in [2.45, 2.75) is 24.0 Å². The van der Waals surface area contributed by atoms with Gasteiger partial charge in [0.15, 0.2) is 5.82 Å². The number of aromatic nitrogens is 5. The first-order valence-corrected chi connectivity index (χ1v) is 11.2. The SMILES string of the molecule is Cc1sc2ncnc(Sc3nnc(-c4cccs4)n3-c3ccccc3)c2c1C. The molecular weight excluding hydrogens is 406 g/mol. The zero-order chi connectivity index (χ0) is 19.1. The Kier molecular flexibility index (Phi) is 4.46. The van der Waals surface area contributed by atoms with Crippen molar-refractivity contribution in [1.82, 2.24) is 24.7 Å². The van der Waals surface area contributed by atoms with Crippen LogP contribution in [0.15, 0.2) is 64.4 Å². The highest BCUT2D eigenvalue weighted by molar-refractivity contribution is 7.99. The van der Waals surface area contributed by atoms with Gasteiger partial charge in [-0.2, -0.15) is 0 Å². The fraction of sp³-hybridized carbons (Fsp3) is 0.100. The van der Waals surface area contributed by atoms with Crippen LogP contribution in [0.1, 0.15) is 10.4 Å². The number of rotatable bonds is 4. The van der Waals surface area contributed by atoms with Gasteiger partial charge in [-0.05, 0) is 54.8 Å². The van der Waals surface area contributed by atoms with E-state index in [1.165, 1.54) is 22.2 Å². The summed E-state index contributed by atoms with van der Waals surface area (Å²) < 4.78 is 2.10. The second kappa shape index (κ2) is 7.12. The second-order valence-electron chi connectivity index (χ2n) is 6.20. The van der Waals surface area contributed by atoms with Crippen molar-refractivity contribution in [3.63, 3.8) is 0 Å². The van der Waals surface area contributed by atoms with Crippen LogP contribution >= 0.6 is 34.4 Å². The third-order valence-corrected chi connectivity index (χ3v) is 7.44. The molecule has 0 spiro atoms. The number of aryl methyl sites for hydroxylation is 2. The fourth-order valence-corrected chi connectivity index (χ4v) is 5.77. The van der Waals surface area contributed by atoms with Gasteiger partial charge >= 0.3 is 0 Å². The van der Waals surface area contributed by atoms with Crippen molar-refractivity contribution in [3.05, 3.63) is 64.6 Å². The molecule has 1 aromatic carbocycles. The van der Waals surface area contributed by atoms with Crippen molar-refractivity contribution in [2.24, 2.45) is 0 Å². The molecule has 28 heavy (non-hydrogen) atoms. The highest BCUT2D eigenvalue weighted by Gasteiger charge is 2.20. The maximum Gasteiger partial charge on any atom is 0.202 e. The minimum Gasteiger partial charge on any atom is -0.269 e. The molecule has 0 radical (unpaired) electrons. The summed E-state index contributed by atoms with van der Waals surface area (Å²) in [5, 5.41) is 13.9. The predicted octanol–water partition coefficient (Wildman–Crippen LogP) is 5.77. The topological polar surface area (TPSA) is 56.5 Å². The molecule has 0 aliphatic heterocycles. The fourth-order valence-electron chi connectivity index (χ4n) is 3.03. The molecule has 0 aliphatic rings. The molecule has 8 heteroatoms. The van der Waals surface area contributed by atoms with Crippen LogP contribution in [0.2, 0.25) is 0 Å². The standard InChI is InChI=1S/C20H15N5S3/c1-12-13(2)27-18-16(12)19(22-11-21-18)28-20-24-23-17(15-9-6-10-26-15)25(20)14-7-4-3-5-8-14/h3-11H,1-2H3. The van der Waals surface area contributed by atoms with Gasteiger partial charge in [0, 0.05) is 16.0 Å². The van der Waals surface area contributed by atoms with E-state index in [9.17, 15) is 0 Å². The summed E-state index contributed by atoms with van der Waals surface area (Å²) in [6, 6.07) is 14.3. The molecule has 5 aromatic rings. The summed E-state index contributed by atoms with van der Waals surface area (Å²) in [5.74, 6) is 0.840. The Morgan fingerprint density at radius 3 is 2.61 bits per heavy atom. The zero-order valence-electron chi connectivity index (χ0n) is 15.2. The van der Waals surface area contributed by atoms with Crippen molar-refractivity contribution < 1.29 is 0 Å². The molecule has 0 aliphatic carbocycles. The highest BCUT2D eigenvalue weighted by Crippen LogP contribution is 2.39. The first-order chi connectivity index (χ1) is 13.7. The maximum absolute atomic E-state index is 4.56. The average Bonchev–Trinajstić information content (AvgIpc) is 3.43. The van der Waals surface area contributed by atoms with Crippen LogP contribution in [0.25, 0.3) is 26.6 Å². The van der Waals surface area contributed by atoms with Gasteiger partial charge in [-0.25, -0.2) is 9.97 Å². The van der Waals surface area contributed by atoms with Gasteiger partial charge in [-0.3, -0.25) is 4.57 Å². The predicted molar refractivity (Wildman–Crippen MR) is 116 cm³/mol. The number of thiophene rings is 2. The van der Waals surface area contributed by atoms with Crippen LogP contribution in [0.3, 0.4) is 0 Å². The summed E-state index contributed by atoms with van der Waals surface area (Å²) in [6.45, 7) is 4.25. The van der Waals surface area contributed by atoms with Gasteiger partial charge in [0.2, 0.25) is 5.16 Å². The van der Waals surface area contributed by atoms with Crippen LogP contribution in [0.5, 0.6) is 0 Å². The molecule has 0 N–H and O–H groups in total. The van der Waals surface area contributed by atoms with Gasteiger partial charge in [-0.15, -0.1) is 32.9 Å². The molecule has 0 bridgehead atoms. The first-order valence-electron chi connectivity index (χ1n) is 8.65. The molecular formula is C20H15N5S3. The summed E-state index contributed by atoms with van der Waals surface area (Å²) in [7, 11) is 0. The summed E-state index contributed by atoms with van der Waals surface area (Å²) in [5.41, 5.74) is 2.26. The lowest BCUT2D eigenvalue weighted by Crippen LogP contribution is -1.99. The molecule has 4 aromatic heterocycles. The van der Waals surface area contributed by atoms with E-state index in [1.54, 1.807) is 29.0 Å². The largest absolute Gasteiger partial charge is 0.269 e. The Labute approximate surface area is 174 Å². The van der Waals surface area contributed by atoms with E-state index in [-0.39, 0.29) is 0 Å². The van der Waals surface area contributed by atoms with Crippen LogP contribution in [-0.2, 0) is 0 Å². The number of nitrogens with zero attached hydrogens (tertiary/aromatic N) is 5. The van der Waals surface area contributed by atoms with Gasteiger partial charge in [0.1, 0.15) is 16.2 Å². The van der Waals surface area contributed by atoms with Gasteiger partial charge in [0.05, 0.1) is 4.88 Å². The quantitative estimate of drug-likeness (QED) is 0.345. The van der Waals surface area contributed by atoms with E-state index in [4.69, 9.17) is 0 Å². The van der Waals surface area contributed by atoms with Crippen molar-refractivity contribution in [3.8, 4) is 16.4 Å². The Balaban J connectivity index is 1.68. The molecule has 0 unspecified atom stereocenters. The normalized spacial score (nSPS) is 11.4. The van der Waals surface area contributed by atoms with E-state index in [0.29, 0.717) is 0 Å². The first kappa shape index (κ1) is 17.5. The molecule has 138 valence electrons. The lowest BCUT2D eigenvalue weighted by atomic mass is 10.2. The second-order valence-corrected chi connectivity index (χ2v) is 9.31. The van der Waals surface area contributed by atoms with E-state index in [2.05, 4.69) is 62.2 Å². The van der Waals surface area contributed by atoms with Crippen molar-refractivity contribution in [1.29, 1.82) is 0 Å². The lowest BCUT2D eigenvalue weighted by Gasteiger charge is -2.09. The van der Waals surface area contributed by atoms with Crippen molar-refractivity contribution in [2.75, 3.05) is 0 Å². The number of hydrogen-bond acceptors (Lipinski definition) is 7. The zero-order valence-corrected chi connectivity index (χ0v) is 17.6. The number of para-hydroxylation sites is 1. The Morgan fingerprint density at radius 2 is 1.82 bits per heavy atom. The summed E-state index contributed by atoms with van der Waals surface area (Å²) in [6.07, 6.45) is 1.63. The minimum absolute atomic E-state index is 0.790. The van der Waals surface area contributed by atoms with Gasteiger partial charge in [-0.1, -0.05) is 24.3 Å². The Hall–Kier alpha value is -2.55. The molecule has 0 amide bonds. The smallest absolute Gasteiger partial charge is 0.202 e. The summed E-state index contributed by atoms with van der Waals surface area (Å²) in [4.78, 5) is 12.4. The van der Waals surface area contributed by atoms with E-state index in [0.717, 1.165) is 36.8 Å². The highest BCUT2D eigenvalue weighted by atomic mass is 32.2. The molecule has 0 atom stereocenters. The van der Waals surface area contributed by atoms with Gasteiger partial charge < -0.3 is 0 Å². The molecule has 0 saturated carbocycles.